The molecule has 2 heterocycles. The van der Waals surface area contributed by atoms with Crippen LogP contribution in [0.3, 0.4) is 0 Å². The van der Waals surface area contributed by atoms with Gasteiger partial charge in [-0.2, -0.15) is 4.37 Å². The summed E-state index contributed by atoms with van der Waals surface area (Å²) in [6, 6.07) is 7.69. The van der Waals surface area contributed by atoms with Crippen LogP contribution in [0.15, 0.2) is 34.9 Å². The van der Waals surface area contributed by atoms with Gasteiger partial charge < -0.3 is 14.5 Å². The first-order valence-corrected chi connectivity index (χ1v) is 9.18. The average Bonchev–Trinajstić information content (AvgIpc) is 3.28. The molecule has 27 heavy (non-hydrogen) atoms. The number of oxazole rings is 1. The van der Waals surface area contributed by atoms with Crippen LogP contribution >= 0.6 is 11.5 Å². The van der Waals surface area contributed by atoms with E-state index in [4.69, 9.17) is 4.42 Å². The van der Waals surface area contributed by atoms with Crippen molar-refractivity contribution >= 4 is 29.1 Å². The number of carbonyl (C=O) groups excluding carboxylic acids is 2. The second-order valence-corrected chi connectivity index (χ2v) is 6.68. The van der Waals surface area contributed by atoms with E-state index in [1.54, 1.807) is 6.92 Å². The molecule has 0 aliphatic carbocycles. The predicted molar refractivity (Wildman–Crippen MR) is 101 cm³/mol. The molecule has 7 nitrogen and oxygen atoms in total. The Balaban J connectivity index is 1.83. The van der Waals surface area contributed by atoms with Crippen molar-refractivity contribution in [1.82, 2.24) is 9.36 Å². The number of nitrogens with zero attached hydrogens (tertiary/aromatic N) is 2. The summed E-state index contributed by atoms with van der Waals surface area (Å²) in [4.78, 5) is 29.2. The molecule has 8 heteroatoms. The van der Waals surface area contributed by atoms with Crippen LogP contribution in [0, 0.1) is 6.92 Å². The van der Waals surface area contributed by atoms with Crippen molar-refractivity contribution in [2.75, 3.05) is 12.4 Å². The lowest BCUT2D eigenvalue weighted by atomic mass is 10.1. The van der Waals surface area contributed by atoms with E-state index in [1.165, 1.54) is 24.9 Å². The molecule has 0 saturated carbocycles. The van der Waals surface area contributed by atoms with Gasteiger partial charge in [-0.15, -0.1) is 0 Å². The van der Waals surface area contributed by atoms with Gasteiger partial charge in [0.05, 0.1) is 24.8 Å². The maximum Gasteiger partial charge on any atom is 0.360 e. The largest absolute Gasteiger partial charge is 0.464 e. The van der Waals surface area contributed by atoms with Crippen LogP contribution in [0.2, 0.25) is 0 Å². The summed E-state index contributed by atoms with van der Waals surface area (Å²) >= 11 is 1.22. The third-order valence-corrected chi connectivity index (χ3v) is 5.00. The van der Waals surface area contributed by atoms with Gasteiger partial charge in [0.25, 0.3) is 5.91 Å². The number of benzene rings is 1. The van der Waals surface area contributed by atoms with Crippen LogP contribution in [0.1, 0.15) is 49.8 Å². The van der Waals surface area contributed by atoms with Gasteiger partial charge in [0.15, 0.2) is 11.6 Å². The first kappa shape index (κ1) is 18.8. The quantitative estimate of drug-likeness (QED) is 0.651. The van der Waals surface area contributed by atoms with Crippen LogP contribution in [-0.4, -0.2) is 28.3 Å². The molecule has 140 valence electrons. The van der Waals surface area contributed by atoms with Gasteiger partial charge in [-0.3, -0.25) is 4.79 Å². The van der Waals surface area contributed by atoms with E-state index in [0.29, 0.717) is 17.1 Å². The summed E-state index contributed by atoms with van der Waals surface area (Å²) < 4.78 is 14.2. The molecular formula is C19H19N3O4S. The van der Waals surface area contributed by atoms with E-state index in [1.807, 2.05) is 31.2 Å². The Bertz CT molecular complexity index is 977. The zero-order valence-electron chi connectivity index (χ0n) is 15.2. The van der Waals surface area contributed by atoms with Gasteiger partial charge in [0.2, 0.25) is 0 Å². The van der Waals surface area contributed by atoms with Crippen molar-refractivity contribution in [3.63, 3.8) is 0 Å². The SMILES string of the molecule is CCc1ccccc1NC(=O)c1c(C)nsc1Cc1nc(C(=O)OC)co1. The number of methoxy groups -OCH3 is 1. The molecule has 0 radical (unpaired) electrons. The van der Waals surface area contributed by atoms with Crippen LogP contribution in [0.5, 0.6) is 0 Å². The second-order valence-electron chi connectivity index (χ2n) is 5.83. The fourth-order valence-corrected chi connectivity index (χ4v) is 3.55. The number of esters is 1. The number of carbonyl (C=O) groups is 2. The fourth-order valence-electron chi connectivity index (χ4n) is 2.69. The van der Waals surface area contributed by atoms with Crippen molar-refractivity contribution in [2.45, 2.75) is 26.7 Å². The molecule has 0 saturated heterocycles. The van der Waals surface area contributed by atoms with Crippen molar-refractivity contribution in [2.24, 2.45) is 0 Å². The molecule has 0 spiro atoms. The van der Waals surface area contributed by atoms with E-state index in [-0.39, 0.29) is 18.0 Å². The minimum absolute atomic E-state index is 0.0941. The minimum atomic E-state index is -0.570. The maximum atomic E-state index is 12.9. The van der Waals surface area contributed by atoms with Crippen molar-refractivity contribution in [1.29, 1.82) is 0 Å². The molecule has 2 aromatic heterocycles. The highest BCUT2D eigenvalue weighted by Crippen LogP contribution is 2.24. The summed E-state index contributed by atoms with van der Waals surface area (Å²) in [5, 5.41) is 2.97. The van der Waals surface area contributed by atoms with Crippen molar-refractivity contribution in [3.8, 4) is 0 Å². The molecule has 0 aliphatic heterocycles. The van der Waals surface area contributed by atoms with Gasteiger partial charge in [-0.05, 0) is 36.5 Å². The standard InChI is InChI=1S/C19H19N3O4S/c1-4-12-7-5-6-8-13(12)21-18(23)17-11(2)22-27-15(17)9-16-20-14(10-26-16)19(24)25-3/h5-8,10H,4,9H2,1-3H3,(H,21,23). The molecule has 0 atom stereocenters. The van der Waals surface area contributed by atoms with Crippen molar-refractivity contribution < 1.29 is 18.7 Å². The molecule has 0 unspecified atom stereocenters. The molecular weight excluding hydrogens is 366 g/mol. The van der Waals surface area contributed by atoms with Crippen LogP contribution < -0.4 is 5.32 Å². The van der Waals surface area contributed by atoms with E-state index < -0.39 is 5.97 Å². The number of aryl methyl sites for hydroxylation is 2. The fraction of sp³-hybridized carbons (Fsp3) is 0.263. The molecule has 1 aromatic carbocycles. The van der Waals surface area contributed by atoms with Crippen LogP contribution in [-0.2, 0) is 17.6 Å². The van der Waals surface area contributed by atoms with Crippen molar-refractivity contribution in [3.05, 3.63) is 63.8 Å². The Labute approximate surface area is 160 Å². The number of ether oxygens (including phenoxy) is 1. The third-order valence-electron chi connectivity index (χ3n) is 4.06. The Morgan fingerprint density at radius 2 is 2.07 bits per heavy atom. The van der Waals surface area contributed by atoms with Crippen LogP contribution in [0.4, 0.5) is 5.69 Å². The topological polar surface area (TPSA) is 94.3 Å². The highest BCUT2D eigenvalue weighted by molar-refractivity contribution is 7.06. The Morgan fingerprint density at radius 1 is 1.30 bits per heavy atom. The summed E-state index contributed by atoms with van der Waals surface area (Å²) in [7, 11) is 1.28. The number of hydrogen-bond acceptors (Lipinski definition) is 7. The molecule has 0 bridgehead atoms. The highest BCUT2D eigenvalue weighted by atomic mass is 32.1. The van der Waals surface area contributed by atoms with Gasteiger partial charge in [-0.25, -0.2) is 9.78 Å². The molecule has 1 amide bonds. The van der Waals surface area contributed by atoms with E-state index in [0.717, 1.165) is 22.5 Å². The molecule has 0 fully saturated rings. The lowest BCUT2D eigenvalue weighted by Gasteiger charge is -2.10. The summed E-state index contributed by atoms with van der Waals surface area (Å²) in [6.45, 7) is 3.82. The predicted octanol–water partition coefficient (Wildman–Crippen LogP) is 3.63. The number of amides is 1. The summed E-state index contributed by atoms with van der Waals surface area (Å²) in [5.74, 6) is -0.474. The minimum Gasteiger partial charge on any atom is -0.464 e. The van der Waals surface area contributed by atoms with Crippen LogP contribution in [0.25, 0.3) is 0 Å². The Morgan fingerprint density at radius 3 is 2.81 bits per heavy atom. The highest BCUT2D eigenvalue weighted by Gasteiger charge is 2.21. The van der Waals surface area contributed by atoms with E-state index >= 15 is 0 Å². The normalized spacial score (nSPS) is 10.6. The smallest absolute Gasteiger partial charge is 0.360 e. The Kier molecular flexibility index (Phi) is 5.66. The molecule has 3 aromatic rings. The second kappa shape index (κ2) is 8.13. The average molecular weight is 385 g/mol. The zero-order valence-corrected chi connectivity index (χ0v) is 16.1. The van der Waals surface area contributed by atoms with Gasteiger partial charge >= 0.3 is 5.97 Å². The number of anilines is 1. The lowest BCUT2D eigenvalue weighted by Crippen LogP contribution is -2.15. The first-order valence-electron chi connectivity index (χ1n) is 8.40. The van der Waals surface area contributed by atoms with E-state index in [9.17, 15) is 9.59 Å². The number of hydrogen-bond donors (Lipinski definition) is 1. The summed E-state index contributed by atoms with van der Waals surface area (Å²) in [6.07, 6.45) is 2.32. The molecule has 1 N–H and O–H groups in total. The monoisotopic (exact) mass is 385 g/mol. The zero-order chi connectivity index (χ0) is 19.4. The number of para-hydroxylation sites is 1. The van der Waals surface area contributed by atoms with Gasteiger partial charge in [0.1, 0.15) is 6.26 Å². The first-order chi connectivity index (χ1) is 13.0. The number of rotatable bonds is 6. The Hall–Kier alpha value is -3.00. The molecule has 3 rings (SSSR count). The van der Waals surface area contributed by atoms with Gasteiger partial charge in [0, 0.05) is 10.6 Å². The maximum absolute atomic E-state index is 12.9. The van der Waals surface area contributed by atoms with Gasteiger partial charge in [-0.1, -0.05) is 25.1 Å². The lowest BCUT2D eigenvalue weighted by molar-refractivity contribution is 0.0593. The molecule has 0 aliphatic rings. The number of nitrogens with one attached hydrogen (secondary N) is 1. The van der Waals surface area contributed by atoms with E-state index in [2.05, 4.69) is 19.4 Å². The summed E-state index contributed by atoms with van der Waals surface area (Å²) in [5.41, 5.74) is 3.08. The third kappa shape index (κ3) is 4.06. The number of aromatic nitrogens is 2.